The number of nitrogens with one attached hydrogen (secondary N) is 4. The fraction of sp³-hybridized carbons (Fsp3) is 0.518. The summed E-state index contributed by atoms with van der Waals surface area (Å²) in [7, 11) is 0. The van der Waals surface area contributed by atoms with Crippen LogP contribution < -0.4 is 21.3 Å². The second-order valence-electron chi connectivity index (χ2n) is 30.8. The van der Waals surface area contributed by atoms with E-state index in [-0.39, 0.29) is 44.9 Å². The Morgan fingerprint density at radius 1 is 0.325 bits per heavy atom. The number of amides is 4. The Bertz CT molecular complexity index is 4810. The standard InChI is InChI=1S/3C21H28N2O8.C20H26N2O8/c2*1-3-13(21(29)30)22-16(25)7-11-8-23(14-5-4-10(2)6-12(11)14)20-19(28)18(27)17(26)15(9-24)31-20;1-2-5-13(21(29)30)22-16(25)8-11-9-23(14-7-4-3-6-12(11)14)20-19(28)18(27)17(26)15(10-24)31-20;1-2-12(20(28)29)21-15(24)7-10-8-22(13-6-4-3-5-11(10)13)19-18(27)17(26)16(25)14(9-23)30-19/h2*4-6,8,13,15,17-20,24,26-28H,3,7,9H2,1-2H3,(H,22,25)(H,29,30);3-4,6-7,9,13,15,17-20,24,26-28H,2,5,8,10H2,1H3,(H,22,25)(H,29,30);3-6,8,12,14,16-19,23,25-27H,2,7,9H2,1H3,(H,21,24)(H,28,29)/t3*13-,15-,17-,18+,19-,20-;12-,14-,16-,17+,18-,19-/m1111/s1. The summed E-state index contributed by atoms with van der Waals surface area (Å²) >= 11 is 0. The molecule has 0 unspecified atom stereocenters. The molecule has 123 heavy (non-hydrogen) atoms. The van der Waals surface area contributed by atoms with Crippen LogP contribution in [0.5, 0.6) is 0 Å². The lowest BCUT2D eigenvalue weighted by Gasteiger charge is -2.40. The van der Waals surface area contributed by atoms with Crippen LogP contribution >= 0.6 is 0 Å². The number of aliphatic hydroxyl groups excluding tert-OH is 16. The van der Waals surface area contributed by atoms with Gasteiger partial charge in [0.25, 0.3) is 0 Å². The van der Waals surface area contributed by atoms with Crippen LogP contribution in [0, 0.1) is 13.8 Å². The van der Waals surface area contributed by atoms with E-state index in [0.717, 1.165) is 11.1 Å². The van der Waals surface area contributed by atoms with Crippen molar-refractivity contribution < 1.29 is 159 Å². The van der Waals surface area contributed by atoms with Crippen molar-refractivity contribution >= 4 is 91.1 Å². The molecule has 0 aliphatic carbocycles. The monoisotopic (exact) mass is 1730 g/mol. The zero-order valence-electron chi connectivity index (χ0n) is 68.1. The van der Waals surface area contributed by atoms with Crippen LogP contribution in [0.3, 0.4) is 0 Å². The smallest absolute Gasteiger partial charge is 0.326 e. The van der Waals surface area contributed by atoms with Crippen LogP contribution in [0.15, 0.2) is 110 Å². The quantitative estimate of drug-likeness (QED) is 0.0231. The third-order valence-electron chi connectivity index (χ3n) is 22.1. The lowest BCUT2D eigenvalue weighted by Crippen LogP contribution is -2.56. The van der Waals surface area contributed by atoms with E-state index in [0.29, 0.717) is 78.7 Å². The maximum atomic E-state index is 12.5. The predicted molar refractivity (Wildman–Crippen MR) is 432 cm³/mol. The van der Waals surface area contributed by atoms with Crippen LogP contribution in [0.4, 0.5) is 0 Å². The summed E-state index contributed by atoms with van der Waals surface area (Å²) in [6.45, 7) is 8.36. The number of aromatic nitrogens is 4. The van der Waals surface area contributed by atoms with Crippen molar-refractivity contribution in [3.8, 4) is 0 Å². The predicted octanol–water partition coefficient (Wildman–Crippen LogP) is -2.45. The third kappa shape index (κ3) is 22.2. The van der Waals surface area contributed by atoms with Crippen molar-refractivity contribution in [1.82, 2.24) is 39.5 Å². The minimum atomic E-state index is -1.54. The molecule has 674 valence electrons. The molecule has 40 nitrogen and oxygen atoms in total. The Labute approximate surface area is 702 Å². The lowest BCUT2D eigenvalue weighted by molar-refractivity contribution is -0.250. The van der Waals surface area contributed by atoms with E-state index < -0.39 is 221 Å². The van der Waals surface area contributed by atoms with Crippen molar-refractivity contribution in [2.75, 3.05) is 26.4 Å². The third-order valence-corrected chi connectivity index (χ3v) is 22.1. The zero-order valence-corrected chi connectivity index (χ0v) is 68.1. The number of carboxylic acid groups (broad SMARTS) is 4. The van der Waals surface area contributed by atoms with Crippen molar-refractivity contribution in [2.45, 2.75) is 246 Å². The molecule has 12 rings (SSSR count). The van der Waals surface area contributed by atoms with Crippen molar-refractivity contribution in [1.29, 1.82) is 0 Å². The largest absolute Gasteiger partial charge is 0.480 e. The van der Waals surface area contributed by atoms with Gasteiger partial charge in [-0.2, -0.15) is 0 Å². The molecule has 4 aliphatic rings. The van der Waals surface area contributed by atoms with E-state index in [1.54, 1.807) is 120 Å². The number of nitrogens with zero attached hydrogens (tertiary/aromatic N) is 4. The van der Waals surface area contributed by atoms with Gasteiger partial charge in [0.2, 0.25) is 23.6 Å². The van der Waals surface area contributed by atoms with Crippen molar-refractivity contribution in [3.63, 3.8) is 0 Å². The number of carbonyl (C=O) groups is 8. The van der Waals surface area contributed by atoms with Crippen molar-refractivity contribution in [2.24, 2.45) is 0 Å². The SMILES string of the molecule is CCC[C@@H](NC(=O)Cc1cn([C@@H]2O[C@H](CO)[C@@H](O)[C@H](O)[C@H]2O)c2ccccc12)C(=O)O.CC[C@@H](NC(=O)Cc1cn([C@@H]2O[C@H](CO)[C@@H](O)[C@H](O)[C@H]2O)c2ccc(C)cc12)C(=O)O.CC[C@@H](NC(=O)Cc1cn([C@@H]2O[C@H](CO)[C@@H](O)[C@H](O)[C@H]2O)c2ccc(C)cc12)C(=O)O.CC[C@@H](NC(=O)Cc1cn([C@@H]2O[C@H](CO)[C@@H](O)[C@H](O)[C@H]2O)c2ccccc12)C(=O)O. The number of carboxylic acids is 4. The van der Waals surface area contributed by atoms with Crippen LogP contribution in [0.1, 0.15) is 118 Å². The number of aliphatic hydroxyl groups is 16. The molecule has 4 amide bonds. The van der Waals surface area contributed by atoms with E-state index in [2.05, 4.69) is 21.3 Å². The van der Waals surface area contributed by atoms with Gasteiger partial charge >= 0.3 is 23.9 Å². The highest BCUT2D eigenvalue weighted by Crippen LogP contribution is 2.39. The van der Waals surface area contributed by atoms with E-state index in [4.69, 9.17) is 34.3 Å². The maximum Gasteiger partial charge on any atom is 0.326 e. The van der Waals surface area contributed by atoms with Gasteiger partial charge in [-0.1, -0.05) is 93.8 Å². The number of aliphatic carboxylic acids is 4. The summed E-state index contributed by atoms with van der Waals surface area (Å²) in [6, 6.07) is 21.1. The molecule has 4 aromatic heterocycles. The van der Waals surface area contributed by atoms with E-state index in [1.807, 2.05) is 45.0 Å². The lowest BCUT2D eigenvalue weighted by atomic mass is 9.98. The molecule has 24 N–H and O–H groups in total. The van der Waals surface area contributed by atoms with Crippen LogP contribution in [-0.4, -0.2) is 316 Å². The summed E-state index contributed by atoms with van der Waals surface area (Å²) in [5.41, 5.74) is 6.60. The van der Waals surface area contributed by atoms with Crippen LogP contribution in [-0.2, 0) is 83.0 Å². The molecule has 0 radical (unpaired) electrons. The average Bonchev–Trinajstić information content (AvgIpc) is 1.65. The minimum absolute atomic E-state index is 0.0988. The van der Waals surface area contributed by atoms with E-state index in [1.165, 1.54) is 4.57 Å². The molecule has 0 saturated carbocycles. The van der Waals surface area contributed by atoms with Crippen LogP contribution in [0.25, 0.3) is 43.6 Å². The van der Waals surface area contributed by atoms with Gasteiger partial charge in [0.05, 0.1) is 74.2 Å². The fourth-order valence-electron chi connectivity index (χ4n) is 15.3. The summed E-state index contributed by atoms with van der Waals surface area (Å²) in [5.74, 6) is -6.31. The topological polar surface area (TPSA) is 646 Å². The zero-order chi connectivity index (χ0) is 90.4. The highest BCUT2D eigenvalue weighted by molar-refractivity contribution is 5.95. The number of hydrogen-bond donors (Lipinski definition) is 24. The molecule has 24 atom stereocenters. The highest BCUT2D eigenvalue weighted by Gasteiger charge is 2.49. The first-order valence-corrected chi connectivity index (χ1v) is 40.1. The first-order chi connectivity index (χ1) is 58.4. The average molecular weight is 1730 g/mol. The molecule has 4 fully saturated rings. The Balaban J connectivity index is 0.000000186. The van der Waals surface area contributed by atoms with Gasteiger partial charge in [0.1, 0.15) is 122 Å². The second-order valence-corrected chi connectivity index (χ2v) is 30.8. The molecule has 0 spiro atoms. The van der Waals surface area contributed by atoms with Gasteiger partial charge in [-0.25, -0.2) is 19.2 Å². The summed E-state index contributed by atoms with van der Waals surface area (Å²) in [6.07, 6.45) is -19.1. The fourth-order valence-corrected chi connectivity index (χ4v) is 15.3. The molecule has 40 heteroatoms. The number of rotatable bonds is 29. The normalized spacial score (nSPS) is 27.3. The number of carbonyl (C=O) groups excluding carboxylic acids is 4. The second kappa shape index (κ2) is 43.1. The number of ether oxygens (including phenoxy) is 4. The number of fused-ring (bicyclic) bond motifs is 4. The number of benzene rings is 4. The first kappa shape index (κ1) is 96.8. The van der Waals surface area contributed by atoms with Gasteiger partial charge in [-0.3, -0.25) is 19.2 Å². The Hall–Kier alpha value is -10.0. The first-order valence-electron chi connectivity index (χ1n) is 40.1. The molecule has 0 bridgehead atoms. The molecule has 4 aliphatic heterocycles. The Kier molecular flexibility index (Phi) is 33.9. The molecule has 8 aromatic rings. The Morgan fingerprint density at radius 2 is 0.561 bits per heavy atom. The van der Waals surface area contributed by atoms with Gasteiger partial charge in [-0.15, -0.1) is 0 Å². The summed E-state index contributed by atoms with van der Waals surface area (Å²) in [5, 5.41) is 210. The maximum absolute atomic E-state index is 12.5. The highest BCUT2D eigenvalue weighted by atomic mass is 16.6. The molecular formula is C83H110N8O32. The molecule has 4 saturated heterocycles. The minimum Gasteiger partial charge on any atom is -0.480 e. The van der Waals surface area contributed by atoms with Gasteiger partial charge < -0.3 is 161 Å². The number of hydrogen-bond acceptors (Lipinski definition) is 28. The molecule has 4 aromatic carbocycles. The summed E-state index contributed by atoms with van der Waals surface area (Å²) in [4.78, 5) is 94.8. The molecular weight excluding hydrogens is 1620 g/mol. The number of aryl methyl sites for hydroxylation is 2. The van der Waals surface area contributed by atoms with Crippen LogP contribution in [0.2, 0.25) is 0 Å². The van der Waals surface area contributed by atoms with Gasteiger partial charge in [0, 0.05) is 46.3 Å². The van der Waals surface area contributed by atoms with E-state index in [9.17, 15) is 125 Å². The van der Waals surface area contributed by atoms with Crippen molar-refractivity contribution in [3.05, 3.63) is 143 Å². The van der Waals surface area contributed by atoms with Gasteiger partial charge in [-0.05, 0) is 98.2 Å². The Morgan fingerprint density at radius 3 is 0.797 bits per heavy atom. The number of para-hydroxylation sites is 2. The summed E-state index contributed by atoms with van der Waals surface area (Å²) < 4.78 is 28.8. The van der Waals surface area contributed by atoms with Gasteiger partial charge in [0.15, 0.2) is 24.9 Å². The van der Waals surface area contributed by atoms with E-state index >= 15 is 0 Å². The molecule has 8 heterocycles.